The molecule has 0 saturated heterocycles. The zero-order valence-corrected chi connectivity index (χ0v) is 33.0. The van der Waals surface area contributed by atoms with E-state index in [1.807, 2.05) is 0 Å². The SMILES string of the molecule is c1ccc(N(c2ccccc2)c2ccc3c(c2)Oc2cccc(N(c4ccccc4)c4cccc5c4-c4ccccc4C5(c4ccccc4)c4ccccc4)c2S3)cc1. The van der Waals surface area contributed by atoms with E-state index in [0.29, 0.717) is 0 Å². The molecule has 9 aromatic rings. The second kappa shape index (κ2) is 14.6. The maximum atomic E-state index is 6.93. The van der Waals surface area contributed by atoms with Gasteiger partial charge in [0, 0.05) is 34.4 Å². The third kappa shape index (κ3) is 5.75. The van der Waals surface area contributed by atoms with Crippen LogP contribution in [0.3, 0.4) is 0 Å². The minimum atomic E-state index is -0.509. The van der Waals surface area contributed by atoms with Crippen LogP contribution in [-0.4, -0.2) is 0 Å². The van der Waals surface area contributed by atoms with Crippen LogP contribution in [0.25, 0.3) is 11.1 Å². The molecule has 0 saturated carbocycles. The molecule has 9 aromatic carbocycles. The number of ether oxygens (including phenoxy) is 1. The van der Waals surface area contributed by atoms with Crippen LogP contribution in [0.2, 0.25) is 0 Å². The molecule has 0 N–H and O–H groups in total. The van der Waals surface area contributed by atoms with Crippen LogP contribution in [0.4, 0.5) is 34.1 Å². The molecule has 280 valence electrons. The highest BCUT2D eigenvalue weighted by Gasteiger charge is 2.47. The summed E-state index contributed by atoms with van der Waals surface area (Å²) in [7, 11) is 0. The molecule has 0 unspecified atom stereocenters. The quantitative estimate of drug-likeness (QED) is 0.153. The van der Waals surface area contributed by atoms with Crippen molar-refractivity contribution >= 4 is 45.9 Å². The van der Waals surface area contributed by atoms with Gasteiger partial charge in [0.2, 0.25) is 0 Å². The summed E-state index contributed by atoms with van der Waals surface area (Å²) in [5.74, 6) is 1.67. The summed E-state index contributed by atoms with van der Waals surface area (Å²) >= 11 is 1.77. The molecule has 0 bridgehead atoms. The van der Waals surface area contributed by atoms with Crippen LogP contribution in [-0.2, 0) is 5.41 Å². The fraction of sp³-hybridized carbons (Fsp3) is 0.0182. The van der Waals surface area contributed by atoms with Crippen LogP contribution >= 0.6 is 11.8 Å². The smallest absolute Gasteiger partial charge is 0.143 e. The molecule has 0 radical (unpaired) electrons. The second-order valence-electron chi connectivity index (χ2n) is 14.8. The Kier molecular flexibility index (Phi) is 8.64. The van der Waals surface area contributed by atoms with Crippen molar-refractivity contribution in [3.63, 3.8) is 0 Å². The molecule has 1 heterocycles. The normalized spacial score (nSPS) is 12.9. The van der Waals surface area contributed by atoms with Crippen LogP contribution in [0.15, 0.2) is 240 Å². The standard InChI is InChI=1S/C55H38N2OS/c1-6-20-39(21-7-1)55(40-22-8-2-9-23-40)46-31-17-16-30-45(46)53-47(55)32-18-33-48(53)57(43-28-14-5-15-29-43)49-34-19-35-50-54(49)59-52-37-36-44(38-51(52)58-50)56(41-24-10-3-11-25-41)42-26-12-4-13-27-42/h1-38H. The van der Waals surface area contributed by atoms with Gasteiger partial charge in [0.1, 0.15) is 11.5 Å². The van der Waals surface area contributed by atoms with Gasteiger partial charge in [0.25, 0.3) is 0 Å². The first-order valence-corrected chi connectivity index (χ1v) is 20.8. The van der Waals surface area contributed by atoms with Crippen LogP contribution in [0.1, 0.15) is 22.3 Å². The summed E-state index contributed by atoms with van der Waals surface area (Å²) in [4.78, 5) is 6.85. The van der Waals surface area contributed by atoms with Crippen molar-refractivity contribution in [3.05, 3.63) is 253 Å². The molecular weight excluding hydrogens is 737 g/mol. The Labute approximate surface area is 349 Å². The lowest BCUT2D eigenvalue weighted by Crippen LogP contribution is -2.28. The summed E-state index contributed by atoms with van der Waals surface area (Å²) in [6.07, 6.45) is 0. The zero-order chi connectivity index (χ0) is 39.2. The Morgan fingerprint density at radius 3 is 1.51 bits per heavy atom. The summed E-state index contributed by atoms with van der Waals surface area (Å²) in [5, 5.41) is 0. The number of rotatable bonds is 8. The predicted molar refractivity (Wildman–Crippen MR) is 244 cm³/mol. The Bertz CT molecular complexity index is 2860. The molecule has 11 rings (SSSR count). The largest absolute Gasteiger partial charge is 0.455 e. The van der Waals surface area contributed by atoms with Crippen LogP contribution in [0, 0.1) is 0 Å². The van der Waals surface area contributed by atoms with Gasteiger partial charge in [-0.15, -0.1) is 0 Å². The van der Waals surface area contributed by atoms with E-state index >= 15 is 0 Å². The van der Waals surface area contributed by atoms with E-state index < -0.39 is 5.41 Å². The Morgan fingerprint density at radius 2 is 0.881 bits per heavy atom. The van der Waals surface area contributed by atoms with Crippen molar-refractivity contribution in [2.45, 2.75) is 15.2 Å². The third-order valence-corrected chi connectivity index (χ3v) is 12.7. The lowest BCUT2D eigenvalue weighted by molar-refractivity contribution is 0.455. The van der Waals surface area contributed by atoms with Gasteiger partial charge in [-0.1, -0.05) is 169 Å². The molecule has 1 aliphatic heterocycles. The molecule has 1 aliphatic carbocycles. The number of hydrogen-bond donors (Lipinski definition) is 0. The zero-order valence-electron chi connectivity index (χ0n) is 32.2. The Balaban J connectivity index is 1.08. The van der Waals surface area contributed by atoms with Gasteiger partial charge in [-0.05, 0) is 94.5 Å². The van der Waals surface area contributed by atoms with Gasteiger partial charge in [0.15, 0.2) is 0 Å². The van der Waals surface area contributed by atoms with Crippen molar-refractivity contribution in [1.29, 1.82) is 0 Å². The maximum Gasteiger partial charge on any atom is 0.143 e. The van der Waals surface area contributed by atoms with E-state index in [4.69, 9.17) is 4.74 Å². The average Bonchev–Trinajstić information content (AvgIpc) is 3.62. The van der Waals surface area contributed by atoms with Crippen molar-refractivity contribution in [3.8, 4) is 22.6 Å². The number of hydrogen-bond acceptors (Lipinski definition) is 4. The van der Waals surface area contributed by atoms with Crippen molar-refractivity contribution in [2.75, 3.05) is 9.80 Å². The molecular formula is C55H38N2OS. The molecule has 0 spiro atoms. The summed E-state index contributed by atoms with van der Waals surface area (Å²) in [6.45, 7) is 0. The minimum Gasteiger partial charge on any atom is -0.455 e. The number of anilines is 6. The fourth-order valence-corrected chi connectivity index (χ4v) is 10.2. The lowest BCUT2D eigenvalue weighted by atomic mass is 9.68. The Morgan fingerprint density at radius 1 is 0.373 bits per heavy atom. The lowest BCUT2D eigenvalue weighted by Gasteiger charge is -2.35. The van der Waals surface area contributed by atoms with Crippen molar-refractivity contribution < 1.29 is 4.74 Å². The average molecular weight is 775 g/mol. The molecule has 3 nitrogen and oxygen atoms in total. The highest BCUT2D eigenvalue weighted by Crippen LogP contribution is 2.61. The van der Waals surface area contributed by atoms with Crippen LogP contribution < -0.4 is 14.5 Å². The molecule has 0 amide bonds. The first kappa shape index (κ1) is 34.9. The van der Waals surface area contributed by atoms with Gasteiger partial charge >= 0.3 is 0 Å². The number of para-hydroxylation sites is 3. The first-order chi connectivity index (χ1) is 29.3. The topological polar surface area (TPSA) is 15.7 Å². The van der Waals surface area contributed by atoms with Gasteiger partial charge < -0.3 is 14.5 Å². The predicted octanol–water partition coefficient (Wildman–Crippen LogP) is 15.2. The van der Waals surface area contributed by atoms with E-state index in [2.05, 4.69) is 240 Å². The minimum absolute atomic E-state index is 0.509. The second-order valence-corrected chi connectivity index (χ2v) is 15.9. The highest BCUT2D eigenvalue weighted by atomic mass is 32.2. The van der Waals surface area contributed by atoms with Crippen LogP contribution in [0.5, 0.6) is 11.5 Å². The monoisotopic (exact) mass is 774 g/mol. The Hall–Kier alpha value is -7.27. The first-order valence-electron chi connectivity index (χ1n) is 20.0. The molecule has 0 atom stereocenters. The summed E-state index contributed by atoms with van der Waals surface area (Å²) in [5.41, 5.74) is 13.5. The van der Waals surface area contributed by atoms with E-state index in [0.717, 1.165) is 55.4 Å². The molecule has 0 aromatic heterocycles. The number of nitrogens with zero attached hydrogens (tertiary/aromatic N) is 2. The van der Waals surface area contributed by atoms with Crippen molar-refractivity contribution in [2.24, 2.45) is 0 Å². The molecule has 0 fully saturated rings. The number of benzene rings is 9. The van der Waals surface area contributed by atoms with Crippen molar-refractivity contribution in [1.82, 2.24) is 0 Å². The van der Waals surface area contributed by atoms with Gasteiger partial charge in [0.05, 0.1) is 26.6 Å². The molecule has 2 aliphatic rings. The molecule has 4 heteroatoms. The van der Waals surface area contributed by atoms with Gasteiger partial charge in [-0.25, -0.2) is 0 Å². The third-order valence-electron chi connectivity index (χ3n) is 11.6. The highest BCUT2D eigenvalue weighted by molar-refractivity contribution is 7.99. The van der Waals surface area contributed by atoms with E-state index in [1.165, 1.54) is 33.4 Å². The van der Waals surface area contributed by atoms with E-state index in [9.17, 15) is 0 Å². The summed E-state index contributed by atoms with van der Waals surface area (Å²) < 4.78 is 6.93. The maximum absolute atomic E-state index is 6.93. The van der Waals surface area contributed by atoms with E-state index in [-0.39, 0.29) is 0 Å². The number of fused-ring (bicyclic) bond motifs is 5. The molecule has 59 heavy (non-hydrogen) atoms. The van der Waals surface area contributed by atoms with Gasteiger partial charge in [-0.2, -0.15) is 0 Å². The van der Waals surface area contributed by atoms with Gasteiger partial charge in [-0.3, -0.25) is 0 Å². The fourth-order valence-electron chi connectivity index (χ4n) is 9.14. The van der Waals surface area contributed by atoms with E-state index in [1.54, 1.807) is 11.8 Å². The summed E-state index contributed by atoms with van der Waals surface area (Å²) in [6, 6.07) is 82.6.